The summed E-state index contributed by atoms with van der Waals surface area (Å²) in [6.45, 7) is 17.8. The second-order valence-electron chi connectivity index (χ2n) is 11.5. The first-order chi connectivity index (χ1) is 13.8. The molecule has 1 aromatic carbocycles. The Balaban J connectivity index is 0.00000256. The minimum Gasteiger partial charge on any atom is -0.381 e. The summed E-state index contributed by atoms with van der Waals surface area (Å²) in [5, 5.41) is 0. The van der Waals surface area contributed by atoms with Crippen LogP contribution >= 0.6 is 12.4 Å². The molecule has 2 aliphatic heterocycles. The van der Waals surface area contributed by atoms with Crippen LogP contribution in [0.1, 0.15) is 71.3 Å². The molecule has 0 radical (unpaired) electrons. The summed E-state index contributed by atoms with van der Waals surface area (Å²) >= 11 is 0. The second kappa shape index (κ2) is 9.79. The number of hydrogen-bond donors (Lipinski definition) is 0. The second-order valence-corrected chi connectivity index (χ2v) is 11.5. The van der Waals surface area contributed by atoms with Crippen LogP contribution in [0.2, 0.25) is 0 Å². The molecule has 3 nitrogen and oxygen atoms in total. The fourth-order valence-corrected chi connectivity index (χ4v) is 6.65. The van der Waals surface area contributed by atoms with E-state index in [1.54, 1.807) is 5.56 Å². The number of hydrogen-bond acceptors (Lipinski definition) is 3. The fourth-order valence-electron chi connectivity index (χ4n) is 6.65. The molecule has 3 aliphatic rings. The van der Waals surface area contributed by atoms with Crippen molar-refractivity contribution in [3.05, 3.63) is 29.8 Å². The predicted molar refractivity (Wildman–Crippen MR) is 130 cm³/mol. The zero-order valence-electron chi connectivity index (χ0n) is 19.7. The molecule has 2 saturated heterocycles. The van der Waals surface area contributed by atoms with Crippen molar-refractivity contribution < 1.29 is 4.74 Å². The van der Waals surface area contributed by atoms with Crippen molar-refractivity contribution in [1.82, 2.24) is 4.90 Å². The van der Waals surface area contributed by atoms with Crippen LogP contribution in [0.4, 0.5) is 5.69 Å². The first kappa shape index (κ1) is 23.9. The molecule has 4 rings (SSSR count). The lowest BCUT2D eigenvalue weighted by Gasteiger charge is -2.46. The van der Waals surface area contributed by atoms with Gasteiger partial charge in [-0.25, -0.2) is 0 Å². The molecule has 1 aliphatic carbocycles. The van der Waals surface area contributed by atoms with E-state index in [1.165, 1.54) is 70.5 Å². The zero-order chi connectivity index (χ0) is 20.5. The van der Waals surface area contributed by atoms with E-state index < -0.39 is 0 Å². The van der Waals surface area contributed by atoms with E-state index in [0.29, 0.717) is 16.7 Å². The van der Waals surface area contributed by atoms with Gasteiger partial charge in [0.25, 0.3) is 0 Å². The molecule has 0 bridgehead atoms. The molecular formula is C26H43ClN2O. The Hall–Kier alpha value is -0.770. The van der Waals surface area contributed by atoms with Crippen molar-refractivity contribution in [1.29, 1.82) is 0 Å². The third-order valence-electron chi connectivity index (χ3n) is 7.50. The van der Waals surface area contributed by atoms with E-state index in [-0.39, 0.29) is 12.4 Å². The number of halogens is 1. The fraction of sp³-hybridized carbons (Fsp3) is 0.769. The number of ether oxygens (including phenoxy) is 1. The molecule has 30 heavy (non-hydrogen) atoms. The minimum absolute atomic E-state index is 0. The molecule has 2 heterocycles. The number of anilines is 1. The quantitative estimate of drug-likeness (QED) is 0.579. The van der Waals surface area contributed by atoms with Gasteiger partial charge in [-0.1, -0.05) is 45.9 Å². The van der Waals surface area contributed by atoms with Crippen LogP contribution in [0, 0.1) is 16.7 Å². The topological polar surface area (TPSA) is 15.7 Å². The molecule has 4 heteroatoms. The maximum absolute atomic E-state index is 5.54. The normalized spacial score (nSPS) is 25.7. The lowest BCUT2D eigenvalue weighted by atomic mass is 9.60. The lowest BCUT2D eigenvalue weighted by molar-refractivity contribution is 0.0517. The van der Waals surface area contributed by atoms with Gasteiger partial charge in [-0.15, -0.1) is 12.4 Å². The summed E-state index contributed by atoms with van der Waals surface area (Å²) < 4.78 is 5.54. The summed E-state index contributed by atoms with van der Waals surface area (Å²) in [7, 11) is 0. The van der Waals surface area contributed by atoms with E-state index in [2.05, 4.69) is 61.8 Å². The molecule has 0 N–H and O–H groups in total. The largest absolute Gasteiger partial charge is 0.381 e. The molecule has 1 saturated carbocycles. The summed E-state index contributed by atoms with van der Waals surface area (Å²) in [6.07, 6.45) is 6.46. The molecule has 170 valence electrons. The molecule has 0 amide bonds. The van der Waals surface area contributed by atoms with Crippen molar-refractivity contribution in [2.75, 3.05) is 50.8 Å². The van der Waals surface area contributed by atoms with Gasteiger partial charge in [-0.05, 0) is 66.4 Å². The number of benzene rings is 1. The van der Waals surface area contributed by atoms with E-state index in [1.807, 2.05) is 0 Å². The molecule has 0 spiro atoms. The third-order valence-corrected chi connectivity index (χ3v) is 7.50. The van der Waals surface area contributed by atoms with Crippen molar-refractivity contribution in [2.24, 2.45) is 16.7 Å². The lowest BCUT2D eigenvalue weighted by Crippen LogP contribution is -2.48. The van der Waals surface area contributed by atoms with E-state index in [4.69, 9.17) is 4.74 Å². The Morgan fingerprint density at radius 3 is 2.13 bits per heavy atom. The van der Waals surface area contributed by atoms with Gasteiger partial charge in [0.15, 0.2) is 0 Å². The molecule has 0 aromatic heterocycles. The average Bonchev–Trinajstić information content (AvgIpc) is 2.67. The number of para-hydroxylation sites is 1. The SMILES string of the molecule is CC1(C)CC(c2ccccc2N2CCN(CC3CCOCC3)CC2)CC(C)(C)C1.Cl. The van der Waals surface area contributed by atoms with Gasteiger partial charge < -0.3 is 9.64 Å². The number of piperazine rings is 1. The highest BCUT2D eigenvalue weighted by Gasteiger charge is 2.39. The van der Waals surface area contributed by atoms with Gasteiger partial charge in [0.1, 0.15) is 0 Å². The van der Waals surface area contributed by atoms with E-state index >= 15 is 0 Å². The molecule has 0 unspecified atom stereocenters. The van der Waals surface area contributed by atoms with Gasteiger partial charge in [0, 0.05) is 51.6 Å². The summed E-state index contributed by atoms with van der Waals surface area (Å²) in [5.41, 5.74) is 3.98. The van der Waals surface area contributed by atoms with Crippen LogP contribution in [0.3, 0.4) is 0 Å². The molecule has 1 aromatic rings. The van der Waals surface area contributed by atoms with Gasteiger partial charge >= 0.3 is 0 Å². The Morgan fingerprint density at radius 1 is 0.900 bits per heavy atom. The van der Waals surface area contributed by atoms with Crippen molar-refractivity contribution in [2.45, 2.75) is 65.7 Å². The van der Waals surface area contributed by atoms with Crippen molar-refractivity contribution in [3.8, 4) is 0 Å². The zero-order valence-corrected chi connectivity index (χ0v) is 20.5. The maximum Gasteiger partial charge on any atom is 0.0469 e. The molecular weight excluding hydrogens is 392 g/mol. The van der Waals surface area contributed by atoms with Gasteiger partial charge in [0.05, 0.1) is 0 Å². The van der Waals surface area contributed by atoms with Crippen LogP contribution in [-0.4, -0.2) is 50.8 Å². The smallest absolute Gasteiger partial charge is 0.0469 e. The van der Waals surface area contributed by atoms with Crippen LogP contribution in [0.15, 0.2) is 24.3 Å². The predicted octanol–water partition coefficient (Wildman–Crippen LogP) is 5.98. The van der Waals surface area contributed by atoms with E-state index in [0.717, 1.165) is 19.1 Å². The number of rotatable bonds is 4. The Labute approximate surface area is 190 Å². The van der Waals surface area contributed by atoms with Gasteiger partial charge in [-0.3, -0.25) is 4.90 Å². The molecule has 0 atom stereocenters. The Bertz CT molecular complexity index is 659. The van der Waals surface area contributed by atoms with Crippen LogP contribution < -0.4 is 4.90 Å². The first-order valence-corrected chi connectivity index (χ1v) is 12.0. The van der Waals surface area contributed by atoms with Crippen LogP contribution in [0.25, 0.3) is 0 Å². The highest BCUT2D eigenvalue weighted by molar-refractivity contribution is 5.85. The maximum atomic E-state index is 5.54. The van der Waals surface area contributed by atoms with E-state index in [9.17, 15) is 0 Å². The Kier molecular flexibility index (Phi) is 7.80. The van der Waals surface area contributed by atoms with Gasteiger partial charge in [0.2, 0.25) is 0 Å². The number of nitrogens with zero attached hydrogens (tertiary/aromatic N) is 2. The van der Waals surface area contributed by atoms with Crippen molar-refractivity contribution in [3.63, 3.8) is 0 Å². The summed E-state index contributed by atoms with van der Waals surface area (Å²) in [4.78, 5) is 5.37. The summed E-state index contributed by atoms with van der Waals surface area (Å²) in [6, 6.07) is 9.31. The average molecular weight is 435 g/mol. The third kappa shape index (κ3) is 5.93. The minimum atomic E-state index is 0. The van der Waals surface area contributed by atoms with Gasteiger partial charge in [-0.2, -0.15) is 0 Å². The summed E-state index contributed by atoms with van der Waals surface area (Å²) in [5.74, 6) is 1.53. The van der Waals surface area contributed by atoms with Crippen molar-refractivity contribution >= 4 is 18.1 Å². The molecule has 3 fully saturated rings. The first-order valence-electron chi connectivity index (χ1n) is 12.0. The highest BCUT2D eigenvalue weighted by Crippen LogP contribution is 2.53. The Morgan fingerprint density at radius 2 is 1.50 bits per heavy atom. The standard InChI is InChI=1S/C26H42N2O.ClH/c1-25(2)17-22(18-26(3,4)20-25)23-7-5-6-8-24(23)28-13-11-27(12-14-28)19-21-9-15-29-16-10-21;/h5-8,21-22H,9-20H2,1-4H3;1H. The monoisotopic (exact) mass is 434 g/mol. The highest BCUT2D eigenvalue weighted by atomic mass is 35.5. The van der Waals surface area contributed by atoms with Crippen LogP contribution in [-0.2, 0) is 4.74 Å². The van der Waals surface area contributed by atoms with Crippen LogP contribution in [0.5, 0.6) is 0 Å².